The number of hydrogen-bond acceptors (Lipinski definition) is 3. The number of benzene rings is 2. The summed E-state index contributed by atoms with van der Waals surface area (Å²) in [6, 6.07) is 18.2. The molecule has 4 nitrogen and oxygen atoms in total. The van der Waals surface area contributed by atoms with E-state index in [1.165, 1.54) is 0 Å². The summed E-state index contributed by atoms with van der Waals surface area (Å²) in [5, 5.41) is 6.46. The van der Waals surface area contributed by atoms with E-state index in [0.717, 1.165) is 35.4 Å². The maximum atomic E-state index is 12.1. The smallest absolute Gasteiger partial charge is 0.238 e. The molecule has 2 aromatic carbocycles. The third-order valence-electron chi connectivity index (χ3n) is 3.91. The van der Waals surface area contributed by atoms with E-state index in [2.05, 4.69) is 43.6 Å². The summed E-state index contributed by atoms with van der Waals surface area (Å²) in [6.07, 6.45) is 1.06. The number of hydrogen-bond donors (Lipinski definition) is 2. The van der Waals surface area contributed by atoms with Gasteiger partial charge in [0.15, 0.2) is 0 Å². The lowest BCUT2D eigenvalue weighted by Gasteiger charge is -2.17. The van der Waals surface area contributed by atoms with Crippen LogP contribution < -0.4 is 10.6 Å². The zero-order chi connectivity index (χ0) is 16.1. The van der Waals surface area contributed by atoms with Crippen molar-refractivity contribution in [2.45, 2.75) is 12.5 Å². The first-order valence-electron chi connectivity index (χ1n) is 7.78. The molecule has 1 amide bonds. The monoisotopic (exact) mass is 373 g/mol. The Bertz CT molecular complexity index is 645. The number of likely N-dealkylation sites (tertiary alicyclic amines) is 1. The van der Waals surface area contributed by atoms with Gasteiger partial charge in [-0.1, -0.05) is 34.1 Å². The van der Waals surface area contributed by atoms with E-state index in [9.17, 15) is 4.79 Å². The Morgan fingerprint density at radius 1 is 1.09 bits per heavy atom. The van der Waals surface area contributed by atoms with Gasteiger partial charge in [-0.15, -0.1) is 0 Å². The van der Waals surface area contributed by atoms with E-state index in [0.29, 0.717) is 12.6 Å². The quantitative estimate of drug-likeness (QED) is 0.841. The Labute approximate surface area is 145 Å². The van der Waals surface area contributed by atoms with Gasteiger partial charge in [0.1, 0.15) is 0 Å². The third kappa shape index (κ3) is 4.81. The number of carbonyl (C=O) groups is 1. The van der Waals surface area contributed by atoms with Crippen molar-refractivity contribution in [3.05, 3.63) is 59.1 Å². The number of anilines is 2. The fourth-order valence-electron chi connectivity index (χ4n) is 2.80. The van der Waals surface area contributed by atoms with Crippen LogP contribution in [-0.2, 0) is 4.79 Å². The summed E-state index contributed by atoms with van der Waals surface area (Å²) in [5.41, 5.74) is 1.97. The van der Waals surface area contributed by atoms with E-state index in [1.807, 2.05) is 42.5 Å². The minimum atomic E-state index is 0.0349. The first-order valence-corrected chi connectivity index (χ1v) is 8.58. The van der Waals surface area contributed by atoms with E-state index in [-0.39, 0.29) is 5.91 Å². The van der Waals surface area contributed by atoms with Crippen LogP contribution in [0.1, 0.15) is 6.42 Å². The molecule has 0 saturated carbocycles. The minimum Gasteiger partial charge on any atom is -0.381 e. The summed E-state index contributed by atoms with van der Waals surface area (Å²) in [5.74, 6) is 0.0349. The topological polar surface area (TPSA) is 44.4 Å². The molecule has 0 radical (unpaired) electrons. The van der Waals surface area contributed by atoms with Gasteiger partial charge in [0.2, 0.25) is 5.91 Å². The fraction of sp³-hybridized carbons (Fsp3) is 0.278. The van der Waals surface area contributed by atoms with Gasteiger partial charge in [0.25, 0.3) is 0 Å². The van der Waals surface area contributed by atoms with E-state index in [4.69, 9.17) is 0 Å². The highest BCUT2D eigenvalue weighted by molar-refractivity contribution is 9.10. The lowest BCUT2D eigenvalue weighted by atomic mass is 10.2. The molecule has 1 saturated heterocycles. The molecule has 0 spiro atoms. The molecule has 3 rings (SSSR count). The van der Waals surface area contributed by atoms with Crippen LogP contribution in [0.5, 0.6) is 0 Å². The van der Waals surface area contributed by atoms with Crippen LogP contribution in [-0.4, -0.2) is 36.5 Å². The molecule has 5 heteroatoms. The highest BCUT2D eigenvalue weighted by Crippen LogP contribution is 2.16. The summed E-state index contributed by atoms with van der Waals surface area (Å²) < 4.78 is 1.00. The highest BCUT2D eigenvalue weighted by atomic mass is 79.9. The number of rotatable bonds is 5. The van der Waals surface area contributed by atoms with Gasteiger partial charge < -0.3 is 10.6 Å². The minimum absolute atomic E-state index is 0.0349. The summed E-state index contributed by atoms with van der Waals surface area (Å²) >= 11 is 3.39. The number of nitrogens with zero attached hydrogens (tertiary/aromatic N) is 1. The Kier molecular flexibility index (Phi) is 5.31. The summed E-state index contributed by atoms with van der Waals surface area (Å²) in [4.78, 5) is 14.3. The largest absolute Gasteiger partial charge is 0.381 e. The van der Waals surface area contributed by atoms with Gasteiger partial charge in [-0.25, -0.2) is 0 Å². The first kappa shape index (κ1) is 16.0. The predicted molar refractivity (Wildman–Crippen MR) is 97.7 cm³/mol. The molecule has 2 N–H and O–H groups in total. The van der Waals surface area contributed by atoms with Crippen LogP contribution in [0.15, 0.2) is 59.1 Å². The molecule has 1 aliphatic rings. The third-order valence-corrected chi connectivity index (χ3v) is 4.44. The van der Waals surface area contributed by atoms with Crippen molar-refractivity contribution >= 4 is 33.2 Å². The second kappa shape index (κ2) is 7.62. The number of nitrogens with one attached hydrogen (secondary N) is 2. The van der Waals surface area contributed by atoms with Gasteiger partial charge in [-0.3, -0.25) is 9.69 Å². The number of halogens is 1. The standard InChI is InChI=1S/C18H20BrN3O/c19-14-6-8-16(9-7-14)21-18(23)13-22-11-10-17(12-22)20-15-4-2-1-3-5-15/h1-9,17,20H,10-13H2,(H,21,23). The SMILES string of the molecule is O=C(CN1CCC(Nc2ccccc2)C1)Nc1ccc(Br)cc1. The number of para-hydroxylation sites is 1. The Hall–Kier alpha value is -1.85. The molecule has 1 heterocycles. The molecule has 23 heavy (non-hydrogen) atoms. The van der Waals surface area contributed by atoms with Crippen LogP contribution in [0.4, 0.5) is 11.4 Å². The second-order valence-corrected chi connectivity index (χ2v) is 6.70. The van der Waals surface area contributed by atoms with Gasteiger partial charge >= 0.3 is 0 Å². The van der Waals surface area contributed by atoms with Crippen LogP contribution >= 0.6 is 15.9 Å². The number of amides is 1. The van der Waals surface area contributed by atoms with E-state index >= 15 is 0 Å². The molecule has 120 valence electrons. The number of carbonyl (C=O) groups excluding carboxylic acids is 1. The lowest BCUT2D eigenvalue weighted by Crippen LogP contribution is -2.33. The molecular weight excluding hydrogens is 354 g/mol. The Morgan fingerprint density at radius 2 is 1.83 bits per heavy atom. The van der Waals surface area contributed by atoms with Gasteiger partial charge in [-0.05, 0) is 42.8 Å². The van der Waals surface area contributed by atoms with Crippen molar-refractivity contribution in [2.24, 2.45) is 0 Å². The van der Waals surface area contributed by atoms with Crippen molar-refractivity contribution in [1.29, 1.82) is 0 Å². The predicted octanol–water partition coefficient (Wildman–Crippen LogP) is 3.57. The van der Waals surface area contributed by atoms with Crippen molar-refractivity contribution in [3.63, 3.8) is 0 Å². The van der Waals surface area contributed by atoms with Gasteiger partial charge in [0, 0.05) is 35.0 Å². The van der Waals surface area contributed by atoms with E-state index < -0.39 is 0 Å². The molecule has 2 aromatic rings. The maximum absolute atomic E-state index is 12.1. The Balaban J connectivity index is 1.46. The van der Waals surface area contributed by atoms with Crippen LogP contribution in [0.25, 0.3) is 0 Å². The molecule has 1 aliphatic heterocycles. The molecule has 0 aliphatic carbocycles. The van der Waals surface area contributed by atoms with Gasteiger partial charge in [-0.2, -0.15) is 0 Å². The van der Waals surface area contributed by atoms with Crippen molar-refractivity contribution in [3.8, 4) is 0 Å². The summed E-state index contributed by atoms with van der Waals surface area (Å²) in [6.45, 7) is 2.27. The van der Waals surface area contributed by atoms with Crippen LogP contribution in [0.2, 0.25) is 0 Å². The molecule has 0 bridgehead atoms. The molecule has 1 atom stereocenters. The molecule has 1 unspecified atom stereocenters. The normalized spacial score (nSPS) is 17.9. The second-order valence-electron chi connectivity index (χ2n) is 5.79. The molecule has 0 aromatic heterocycles. The molecule has 1 fully saturated rings. The fourth-order valence-corrected chi connectivity index (χ4v) is 3.07. The zero-order valence-electron chi connectivity index (χ0n) is 12.8. The van der Waals surface area contributed by atoms with Gasteiger partial charge in [0.05, 0.1) is 6.54 Å². The van der Waals surface area contributed by atoms with Crippen molar-refractivity contribution in [2.75, 3.05) is 30.3 Å². The van der Waals surface area contributed by atoms with Crippen molar-refractivity contribution in [1.82, 2.24) is 4.90 Å². The zero-order valence-corrected chi connectivity index (χ0v) is 14.4. The Morgan fingerprint density at radius 3 is 2.57 bits per heavy atom. The first-order chi connectivity index (χ1) is 11.2. The summed E-state index contributed by atoms with van der Waals surface area (Å²) in [7, 11) is 0. The maximum Gasteiger partial charge on any atom is 0.238 e. The van der Waals surface area contributed by atoms with E-state index in [1.54, 1.807) is 0 Å². The van der Waals surface area contributed by atoms with Crippen molar-refractivity contribution < 1.29 is 4.79 Å². The lowest BCUT2D eigenvalue weighted by molar-refractivity contribution is -0.117. The molecular formula is C18H20BrN3O. The average Bonchev–Trinajstić information content (AvgIpc) is 2.97. The average molecular weight is 374 g/mol. The highest BCUT2D eigenvalue weighted by Gasteiger charge is 2.23. The van der Waals surface area contributed by atoms with Crippen LogP contribution in [0.3, 0.4) is 0 Å². The van der Waals surface area contributed by atoms with Crippen LogP contribution in [0, 0.1) is 0 Å².